The van der Waals surface area contributed by atoms with Gasteiger partial charge in [-0.2, -0.15) is 13.2 Å². The molecule has 0 spiro atoms. The second-order valence-corrected chi connectivity index (χ2v) is 6.66. The predicted molar refractivity (Wildman–Crippen MR) is 90.8 cm³/mol. The fraction of sp³-hybridized carbons (Fsp3) is 0.500. The van der Waals surface area contributed by atoms with Crippen LogP contribution >= 0.6 is 0 Å². The fourth-order valence-corrected chi connectivity index (χ4v) is 3.11. The van der Waals surface area contributed by atoms with E-state index in [0.717, 1.165) is 37.8 Å². The zero-order valence-corrected chi connectivity index (χ0v) is 14.7. The number of amides is 1. The summed E-state index contributed by atoms with van der Waals surface area (Å²) in [6, 6.07) is 5.20. The average molecular weight is 382 g/mol. The van der Waals surface area contributed by atoms with E-state index in [2.05, 4.69) is 15.6 Å². The van der Waals surface area contributed by atoms with Gasteiger partial charge in [-0.15, -0.1) is 5.10 Å². The smallest absolute Gasteiger partial charge is 0.416 e. The number of alkyl carbamates (subject to hydrolysis) is 1. The number of ether oxygens (including phenoxy) is 1. The van der Waals surface area contributed by atoms with Crippen molar-refractivity contribution in [3.8, 4) is 0 Å². The van der Waals surface area contributed by atoms with E-state index in [1.54, 1.807) is 12.3 Å². The number of nitrogens with one attached hydrogen (secondary N) is 1. The molecule has 3 rings (SSSR count). The topological polar surface area (TPSA) is 69.0 Å². The van der Waals surface area contributed by atoms with Gasteiger partial charge in [0.1, 0.15) is 12.3 Å². The summed E-state index contributed by atoms with van der Waals surface area (Å²) in [6.07, 6.45) is 2.00. The second kappa shape index (κ2) is 8.41. The number of rotatable bonds is 5. The Labute approximate surface area is 154 Å². The van der Waals surface area contributed by atoms with Gasteiger partial charge in [0.15, 0.2) is 0 Å². The van der Waals surface area contributed by atoms with E-state index < -0.39 is 17.8 Å². The molecule has 0 aliphatic heterocycles. The van der Waals surface area contributed by atoms with Gasteiger partial charge in [-0.05, 0) is 30.5 Å². The molecule has 1 aliphatic carbocycles. The van der Waals surface area contributed by atoms with Crippen molar-refractivity contribution >= 4 is 6.09 Å². The lowest BCUT2D eigenvalue weighted by Gasteiger charge is -2.22. The molecule has 0 saturated heterocycles. The van der Waals surface area contributed by atoms with Crippen molar-refractivity contribution in [1.82, 2.24) is 20.3 Å². The molecule has 6 nitrogen and oxygen atoms in total. The minimum Gasteiger partial charge on any atom is -0.443 e. The molecule has 0 atom stereocenters. The second-order valence-electron chi connectivity index (χ2n) is 6.66. The van der Waals surface area contributed by atoms with Gasteiger partial charge < -0.3 is 10.1 Å². The summed E-state index contributed by atoms with van der Waals surface area (Å²) in [5.41, 5.74) is 0.182. The Bertz CT molecular complexity index is 770. The molecule has 1 aromatic carbocycles. The van der Waals surface area contributed by atoms with E-state index in [1.807, 2.05) is 0 Å². The molecule has 0 bridgehead atoms. The van der Waals surface area contributed by atoms with E-state index >= 15 is 0 Å². The van der Waals surface area contributed by atoms with Crippen molar-refractivity contribution in [2.24, 2.45) is 0 Å². The quantitative estimate of drug-likeness (QED) is 0.851. The Morgan fingerprint density at radius 1 is 1.26 bits per heavy atom. The molecule has 1 amide bonds. The molecule has 27 heavy (non-hydrogen) atoms. The molecule has 9 heteroatoms. The molecule has 1 saturated carbocycles. The maximum Gasteiger partial charge on any atom is 0.416 e. The number of nitrogens with zero attached hydrogens (tertiary/aromatic N) is 3. The SMILES string of the molecule is O=C(NC1CCCCC1)OCc1cn(Cc2cccc(C(F)(F)F)c2)nn1. The van der Waals surface area contributed by atoms with Crippen LogP contribution in [0.5, 0.6) is 0 Å². The van der Waals surface area contributed by atoms with Crippen LogP contribution in [-0.4, -0.2) is 27.1 Å². The first-order chi connectivity index (χ1) is 12.9. The monoisotopic (exact) mass is 382 g/mol. The van der Waals surface area contributed by atoms with Crippen LogP contribution in [0.4, 0.5) is 18.0 Å². The Kier molecular flexibility index (Phi) is 5.98. The third-order valence-corrected chi connectivity index (χ3v) is 4.46. The summed E-state index contributed by atoms with van der Waals surface area (Å²) in [5, 5.41) is 10.6. The Balaban J connectivity index is 1.50. The maximum atomic E-state index is 12.8. The number of hydrogen-bond donors (Lipinski definition) is 1. The molecule has 2 aromatic rings. The highest BCUT2D eigenvalue weighted by molar-refractivity contribution is 5.67. The molecular formula is C18H21F3N4O2. The van der Waals surface area contributed by atoms with Gasteiger partial charge >= 0.3 is 12.3 Å². The number of halogens is 3. The van der Waals surface area contributed by atoms with Crippen LogP contribution in [0.1, 0.15) is 48.9 Å². The molecule has 1 fully saturated rings. The first-order valence-corrected chi connectivity index (χ1v) is 8.88. The average Bonchev–Trinajstić information content (AvgIpc) is 3.08. The van der Waals surface area contributed by atoms with Crippen molar-refractivity contribution in [3.05, 3.63) is 47.3 Å². The number of carbonyl (C=O) groups is 1. The van der Waals surface area contributed by atoms with Gasteiger partial charge in [-0.3, -0.25) is 0 Å². The summed E-state index contributed by atoms with van der Waals surface area (Å²) in [6.45, 7) is 0.104. The van der Waals surface area contributed by atoms with Crippen molar-refractivity contribution in [2.45, 2.75) is 57.5 Å². The van der Waals surface area contributed by atoms with E-state index in [4.69, 9.17) is 4.74 Å². The van der Waals surface area contributed by atoms with Gasteiger partial charge in [0.25, 0.3) is 0 Å². The van der Waals surface area contributed by atoms with Gasteiger partial charge in [-0.1, -0.05) is 36.6 Å². The summed E-state index contributed by atoms with van der Waals surface area (Å²) in [4.78, 5) is 11.8. The van der Waals surface area contributed by atoms with E-state index in [-0.39, 0.29) is 19.2 Å². The van der Waals surface area contributed by atoms with Gasteiger partial charge in [0.2, 0.25) is 0 Å². The number of aromatic nitrogens is 3. The number of benzene rings is 1. The van der Waals surface area contributed by atoms with Crippen molar-refractivity contribution in [1.29, 1.82) is 0 Å². The molecule has 0 unspecified atom stereocenters. The Hall–Kier alpha value is -2.58. The molecule has 1 heterocycles. The summed E-state index contributed by atoms with van der Waals surface area (Å²) < 4.78 is 44.9. The fourth-order valence-electron chi connectivity index (χ4n) is 3.11. The normalized spacial score (nSPS) is 15.5. The molecule has 0 radical (unpaired) electrons. The summed E-state index contributed by atoms with van der Waals surface area (Å²) in [7, 11) is 0. The highest BCUT2D eigenvalue weighted by Gasteiger charge is 2.30. The largest absolute Gasteiger partial charge is 0.443 e. The molecule has 1 aromatic heterocycles. The third-order valence-electron chi connectivity index (χ3n) is 4.46. The summed E-state index contributed by atoms with van der Waals surface area (Å²) >= 11 is 0. The number of carbonyl (C=O) groups excluding carboxylic acids is 1. The van der Waals surface area contributed by atoms with Crippen LogP contribution < -0.4 is 5.32 Å². The van der Waals surface area contributed by atoms with Gasteiger partial charge in [0, 0.05) is 6.04 Å². The van der Waals surface area contributed by atoms with Gasteiger partial charge in [-0.25, -0.2) is 9.48 Å². The zero-order chi connectivity index (χ0) is 19.3. The van der Waals surface area contributed by atoms with E-state index in [9.17, 15) is 18.0 Å². The van der Waals surface area contributed by atoms with Crippen LogP contribution in [0, 0.1) is 0 Å². The lowest BCUT2D eigenvalue weighted by atomic mass is 9.96. The number of alkyl halides is 3. The Morgan fingerprint density at radius 3 is 2.78 bits per heavy atom. The third kappa shape index (κ3) is 5.70. The van der Waals surface area contributed by atoms with Crippen molar-refractivity contribution in [3.63, 3.8) is 0 Å². The predicted octanol–water partition coefficient (Wildman–Crippen LogP) is 3.90. The lowest BCUT2D eigenvalue weighted by Crippen LogP contribution is -2.36. The molecular weight excluding hydrogens is 361 g/mol. The molecule has 146 valence electrons. The van der Waals surface area contributed by atoms with Crippen molar-refractivity contribution < 1.29 is 22.7 Å². The van der Waals surface area contributed by atoms with Crippen LogP contribution in [0.3, 0.4) is 0 Å². The highest BCUT2D eigenvalue weighted by atomic mass is 19.4. The summed E-state index contributed by atoms with van der Waals surface area (Å²) in [5.74, 6) is 0. The van der Waals surface area contributed by atoms with E-state index in [0.29, 0.717) is 11.3 Å². The molecule has 1 aliphatic rings. The minimum absolute atomic E-state index is 0.0405. The Morgan fingerprint density at radius 2 is 2.04 bits per heavy atom. The first kappa shape index (κ1) is 19.2. The first-order valence-electron chi connectivity index (χ1n) is 8.88. The standard InChI is InChI=1S/C18H21F3N4O2/c19-18(20,21)14-6-4-5-13(9-14)10-25-11-16(23-24-25)12-27-17(26)22-15-7-2-1-3-8-15/h4-6,9,11,15H,1-3,7-8,10,12H2,(H,22,26). The maximum absolute atomic E-state index is 12.8. The minimum atomic E-state index is -4.39. The zero-order valence-electron chi connectivity index (χ0n) is 14.7. The highest BCUT2D eigenvalue weighted by Crippen LogP contribution is 2.29. The number of hydrogen-bond acceptors (Lipinski definition) is 4. The van der Waals surface area contributed by atoms with Crippen LogP contribution in [0.2, 0.25) is 0 Å². The van der Waals surface area contributed by atoms with E-state index in [1.165, 1.54) is 17.2 Å². The molecule has 1 N–H and O–H groups in total. The lowest BCUT2D eigenvalue weighted by molar-refractivity contribution is -0.137. The van der Waals surface area contributed by atoms with Crippen LogP contribution in [0.15, 0.2) is 30.5 Å². The van der Waals surface area contributed by atoms with Gasteiger partial charge in [0.05, 0.1) is 18.3 Å². The van der Waals surface area contributed by atoms with Crippen molar-refractivity contribution in [2.75, 3.05) is 0 Å². The van der Waals surface area contributed by atoms with Crippen LogP contribution in [0.25, 0.3) is 0 Å². The van der Waals surface area contributed by atoms with Crippen LogP contribution in [-0.2, 0) is 24.1 Å².